The van der Waals surface area contributed by atoms with E-state index >= 15 is 0 Å². The van der Waals surface area contributed by atoms with E-state index in [1.165, 1.54) is 0 Å². The van der Waals surface area contributed by atoms with Gasteiger partial charge in [-0.15, -0.1) is 0 Å². The number of hydrogen-bond acceptors (Lipinski definition) is 3. The molecule has 0 aliphatic carbocycles. The van der Waals surface area contributed by atoms with Crippen LogP contribution in [0.5, 0.6) is 5.75 Å². The van der Waals surface area contributed by atoms with Crippen LogP contribution in [0.3, 0.4) is 0 Å². The highest BCUT2D eigenvalue weighted by molar-refractivity contribution is 9.10. The Kier molecular flexibility index (Phi) is 5.44. The van der Waals surface area contributed by atoms with Gasteiger partial charge in [-0.05, 0) is 43.2 Å². The van der Waals surface area contributed by atoms with Crippen LogP contribution >= 0.6 is 15.9 Å². The summed E-state index contributed by atoms with van der Waals surface area (Å²) in [5, 5.41) is 12.3. The molecule has 0 heterocycles. The van der Waals surface area contributed by atoms with Gasteiger partial charge >= 0.3 is 5.97 Å². The standard InChI is InChI=1S/C17H18BrNO3/c1-11-4-3-5-12(2)16(11)22-9-8-19-15-7-6-13(18)10-14(15)17(20)21/h3-7,10,19H,8-9H2,1-2H3,(H,20,21). The Bertz CT molecular complexity index is 665. The summed E-state index contributed by atoms with van der Waals surface area (Å²) in [4.78, 5) is 11.2. The van der Waals surface area contributed by atoms with Crippen LogP contribution in [0.15, 0.2) is 40.9 Å². The van der Waals surface area contributed by atoms with Gasteiger partial charge in [-0.3, -0.25) is 0 Å². The number of rotatable bonds is 6. The maximum Gasteiger partial charge on any atom is 0.337 e. The van der Waals surface area contributed by atoms with Gasteiger partial charge in [0.15, 0.2) is 0 Å². The lowest BCUT2D eigenvalue weighted by atomic mass is 10.1. The summed E-state index contributed by atoms with van der Waals surface area (Å²) < 4.78 is 6.53. The number of anilines is 1. The van der Waals surface area contributed by atoms with Gasteiger partial charge in [-0.2, -0.15) is 0 Å². The number of halogens is 1. The Morgan fingerprint density at radius 1 is 1.23 bits per heavy atom. The van der Waals surface area contributed by atoms with Crippen molar-refractivity contribution in [2.45, 2.75) is 13.8 Å². The maximum atomic E-state index is 11.2. The van der Waals surface area contributed by atoms with Crippen molar-refractivity contribution in [3.05, 3.63) is 57.6 Å². The smallest absolute Gasteiger partial charge is 0.337 e. The zero-order valence-electron chi connectivity index (χ0n) is 12.5. The highest BCUT2D eigenvalue weighted by atomic mass is 79.9. The fourth-order valence-electron chi connectivity index (χ4n) is 2.21. The molecule has 0 bridgehead atoms. The number of nitrogens with one attached hydrogen (secondary N) is 1. The molecule has 0 aliphatic rings. The Morgan fingerprint density at radius 3 is 2.55 bits per heavy atom. The summed E-state index contributed by atoms with van der Waals surface area (Å²) in [7, 11) is 0. The van der Waals surface area contributed by atoms with E-state index < -0.39 is 5.97 Å². The average molecular weight is 364 g/mol. The first kappa shape index (κ1) is 16.4. The van der Waals surface area contributed by atoms with E-state index in [9.17, 15) is 9.90 Å². The Balaban J connectivity index is 1.96. The molecule has 2 N–H and O–H groups in total. The van der Waals surface area contributed by atoms with Gasteiger partial charge in [0.2, 0.25) is 0 Å². The molecule has 0 atom stereocenters. The van der Waals surface area contributed by atoms with Gasteiger partial charge in [-0.1, -0.05) is 34.1 Å². The minimum atomic E-state index is -0.959. The van der Waals surface area contributed by atoms with Gasteiger partial charge in [0, 0.05) is 16.7 Å². The van der Waals surface area contributed by atoms with Crippen LogP contribution in [0, 0.1) is 13.8 Å². The molecule has 5 heteroatoms. The molecule has 116 valence electrons. The van der Waals surface area contributed by atoms with Crippen LogP contribution in [-0.4, -0.2) is 24.2 Å². The zero-order chi connectivity index (χ0) is 16.1. The van der Waals surface area contributed by atoms with E-state index in [2.05, 4.69) is 21.2 Å². The molecule has 0 saturated heterocycles. The SMILES string of the molecule is Cc1cccc(C)c1OCCNc1ccc(Br)cc1C(=O)O. The van der Waals surface area contributed by atoms with Crippen molar-refractivity contribution >= 4 is 27.6 Å². The molecule has 0 fully saturated rings. The van der Waals surface area contributed by atoms with E-state index in [1.807, 2.05) is 32.0 Å². The average Bonchev–Trinajstić information content (AvgIpc) is 2.47. The fraction of sp³-hybridized carbons (Fsp3) is 0.235. The molecule has 0 unspecified atom stereocenters. The molecule has 0 amide bonds. The van der Waals surface area contributed by atoms with Crippen LogP contribution in [0.25, 0.3) is 0 Å². The summed E-state index contributed by atoms with van der Waals surface area (Å²) in [6.45, 7) is 5.00. The first-order chi connectivity index (χ1) is 10.5. The van der Waals surface area contributed by atoms with Crippen molar-refractivity contribution in [2.75, 3.05) is 18.5 Å². The lowest BCUT2D eigenvalue weighted by molar-refractivity contribution is 0.0698. The van der Waals surface area contributed by atoms with Crippen LogP contribution < -0.4 is 10.1 Å². The first-order valence-corrected chi connectivity index (χ1v) is 7.74. The molecular formula is C17H18BrNO3. The molecule has 0 saturated carbocycles. The highest BCUT2D eigenvalue weighted by Gasteiger charge is 2.10. The second kappa shape index (κ2) is 7.31. The number of para-hydroxylation sites is 1. The summed E-state index contributed by atoms with van der Waals surface area (Å²) in [6.07, 6.45) is 0. The number of benzene rings is 2. The summed E-state index contributed by atoms with van der Waals surface area (Å²) >= 11 is 3.28. The van der Waals surface area contributed by atoms with Crippen molar-refractivity contribution < 1.29 is 14.6 Å². The normalized spacial score (nSPS) is 10.3. The summed E-state index contributed by atoms with van der Waals surface area (Å²) in [5.74, 6) is -0.0713. The predicted molar refractivity (Wildman–Crippen MR) is 91.0 cm³/mol. The molecule has 2 aromatic rings. The van der Waals surface area contributed by atoms with E-state index in [4.69, 9.17) is 4.74 Å². The molecule has 22 heavy (non-hydrogen) atoms. The number of aryl methyl sites for hydroxylation is 2. The Labute approximate surface area is 138 Å². The van der Waals surface area contributed by atoms with Crippen LogP contribution in [0.2, 0.25) is 0 Å². The molecule has 0 aromatic heterocycles. The zero-order valence-corrected chi connectivity index (χ0v) is 14.1. The maximum absolute atomic E-state index is 11.2. The molecule has 2 aromatic carbocycles. The van der Waals surface area contributed by atoms with Crippen LogP contribution in [0.1, 0.15) is 21.5 Å². The predicted octanol–water partition coefficient (Wildman–Crippen LogP) is 4.26. The third-order valence-corrected chi connectivity index (χ3v) is 3.78. The third-order valence-electron chi connectivity index (χ3n) is 3.28. The minimum absolute atomic E-state index is 0.237. The number of carboxylic acids is 1. The van der Waals surface area contributed by atoms with Crippen molar-refractivity contribution in [1.29, 1.82) is 0 Å². The molecule has 0 radical (unpaired) electrons. The number of carbonyl (C=O) groups is 1. The van der Waals surface area contributed by atoms with Crippen LogP contribution in [-0.2, 0) is 0 Å². The van der Waals surface area contributed by atoms with E-state index in [0.29, 0.717) is 18.8 Å². The van der Waals surface area contributed by atoms with Gasteiger partial charge in [0.1, 0.15) is 12.4 Å². The van der Waals surface area contributed by atoms with Gasteiger partial charge in [0.05, 0.1) is 5.56 Å². The monoisotopic (exact) mass is 363 g/mol. The first-order valence-electron chi connectivity index (χ1n) is 6.95. The Hall–Kier alpha value is -2.01. The largest absolute Gasteiger partial charge is 0.491 e. The molecule has 0 spiro atoms. The van der Waals surface area contributed by atoms with E-state index in [0.717, 1.165) is 21.3 Å². The number of carboxylic acid groups (broad SMARTS) is 1. The topological polar surface area (TPSA) is 58.6 Å². The summed E-state index contributed by atoms with van der Waals surface area (Å²) in [6, 6.07) is 11.1. The van der Waals surface area contributed by atoms with Gasteiger partial charge in [-0.25, -0.2) is 4.79 Å². The quantitative estimate of drug-likeness (QED) is 0.753. The fourth-order valence-corrected chi connectivity index (χ4v) is 2.57. The van der Waals surface area contributed by atoms with Crippen molar-refractivity contribution in [1.82, 2.24) is 0 Å². The van der Waals surface area contributed by atoms with Crippen LogP contribution in [0.4, 0.5) is 5.69 Å². The number of aromatic carboxylic acids is 1. The van der Waals surface area contributed by atoms with Crippen molar-refractivity contribution in [2.24, 2.45) is 0 Å². The van der Waals surface area contributed by atoms with E-state index in [1.54, 1.807) is 18.2 Å². The van der Waals surface area contributed by atoms with Crippen molar-refractivity contribution in [3.8, 4) is 5.75 Å². The Morgan fingerprint density at radius 2 is 1.91 bits per heavy atom. The van der Waals surface area contributed by atoms with Gasteiger partial charge < -0.3 is 15.2 Å². The molecule has 2 rings (SSSR count). The molecule has 4 nitrogen and oxygen atoms in total. The lowest BCUT2D eigenvalue weighted by Gasteiger charge is -2.14. The minimum Gasteiger partial charge on any atom is -0.491 e. The summed E-state index contributed by atoms with van der Waals surface area (Å²) in [5.41, 5.74) is 3.01. The molecular weight excluding hydrogens is 346 g/mol. The molecule has 0 aliphatic heterocycles. The third kappa shape index (κ3) is 4.01. The highest BCUT2D eigenvalue weighted by Crippen LogP contribution is 2.23. The number of hydrogen-bond donors (Lipinski definition) is 2. The van der Waals surface area contributed by atoms with Gasteiger partial charge in [0.25, 0.3) is 0 Å². The number of ether oxygens (including phenoxy) is 1. The second-order valence-electron chi connectivity index (χ2n) is 4.99. The van der Waals surface area contributed by atoms with E-state index in [-0.39, 0.29) is 5.56 Å². The second-order valence-corrected chi connectivity index (χ2v) is 5.91. The lowest BCUT2D eigenvalue weighted by Crippen LogP contribution is -2.14. The van der Waals surface area contributed by atoms with Crippen molar-refractivity contribution in [3.63, 3.8) is 0 Å².